The molecule has 2 aliphatic rings. The molecule has 0 spiro atoms. The van der Waals surface area contributed by atoms with E-state index in [0.717, 1.165) is 25.7 Å². The summed E-state index contributed by atoms with van der Waals surface area (Å²) in [4.78, 5) is 30.8. The summed E-state index contributed by atoms with van der Waals surface area (Å²) in [5.41, 5.74) is 0.387. The molecule has 3 rings (SSSR count). The van der Waals surface area contributed by atoms with E-state index in [1.807, 2.05) is 0 Å². The number of carbonyl (C=O) groups is 2. The topological polar surface area (TPSA) is 59.5 Å². The normalized spacial score (nSPS) is 27.7. The number of hydrogen-bond acceptors (Lipinski definition) is 4. The molecule has 23 heavy (non-hydrogen) atoms. The van der Waals surface area contributed by atoms with Crippen molar-refractivity contribution in [3.8, 4) is 0 Å². The van der Waals surface area contributed by atoms with Crippen LogP contribution in [0, 0.1) is 5.92 Å². The fourth-order valence-corrected chi connectivity index (χ4v) is 3.62. The Balaban J connectivity index is 1.64. The van der Waals surface area contributed by atoms with Crippen molar-refractivity contribution in [3.05, 3.63) is 30.1 Å². The summed E-state index contributed by atoms with van der Waals surface area (Å²) in [6.07, 6.45) is 7.32. The van der Waals surface area contributed by atoms with Crippen LogP contribution in [0.25, 0.3) is 0 Å². The summed E-state index contributed by atoms with van der Waals surface area (Å²) in [5.74, 6) is 0.185. The zero-order chi connectivity index (χ0) is 16.2. The van der Waals surface area contributed by atoms with Crippen LogP contribution in [0.2, 0.25) is 0 Å². The zero-order valence-electron chi connectivity index (χ0n) is 13.6. The molecule has 1 saturated heterocycles. The lowest BCUT2D eigenvalue weighted by molar-refractivity contribution is -0.155. The van der Waals surface area contributed by atoms with Crippen molar-refractivity contribution < 1.29 is 14.3 Å². The van der Waals surface area contributed by atoms with E-state index >= 15 is 0 Å². The number of hydrogen-bond donors (Lipinski definition) is 0. The van der Waals surface area contributed by atoms with Gasteiger partial charge in [-0.05, 0) is 50.2 Å². The van der Waals surface area contributed by atoms with Crippen LogP contribution in [0.1, 0.15) is 55.9 Å². The Hall–Kier alpha value is -1.91. The zero-order valence-corrected chi connectivity index (χ0v) is 13.6. The van der Waals surface area contributed by atoms with Crippen LogP contribution in [-0.4, -0.2) is 40.5 Å². The summed E-state index contributed by atoms with van der Waals surface area (Å²) < 4.78 is 5.71. The molecule has 1 amide bonds. The Morgan fingerprint density at radius 3 is 2.83 bits per heavy atom. The van der Waals surface area contributed by atoms with Gasteiger partial charge in [0.05, 0.1) is 0 Å². The van der Waals surface area contributed by atoms with E-state index in [9.17, 15) is 9.59 Å². The summed E-state index contributed by atoms with van der Waals surface area (Å²) in [6, 6.07) is 4.79. The third-order valence-electron chi connectivity index (χ3n) is 4.84. The molecule has 1 aliphatic heterocycles. The number of aromatic nitrogens is 1. The molecule has 124 valence electrons. The van der Waals surface area contributed by atoms with Gasteiger partial charge >= 0.3 is 5.97 Å². The molecule has 1 saturated carbocycles. The lowest BCUT2D eigenvalue weighted by Crippen LogP contribution is -2.43. The first-order chi connectivity index (χ1) is 11.1. The smallest absolute Gasteiger partial charge is 0.329 e. The minimum Gasteiger partial charge on any atom is -0.461 e. The SMILES string of the molecule is CC1CCCC(OC(=O)[C@@H]2CCCN2C(=O)c2ccccn2)C1. The number of esters is 1. The minimum atomic E-state index is -0.457. The number of likely N-dealkylation sites (tertiary alicyclic amines) is 1. The summed E-state index contributed by atoms with van der Waals surface area (Å²) in [7, 11) is 0. The number of nitrogens with zero attached hydrogens (tertiary/aromatic N) is 2. The van der Waals surface area contributed by atoms with E-state index in [-0.39, 0.29) is 18.0 Å². The minimum absolute atomic E-state index is 0.0126. The van der Waals surface area contributed by atoms with Crippen LogP contribution < -0.4 is 0 Å². The van der Waals surface area contributed by atoms with Gasteiger partial charge in [-0.25, -0.2) is 4.79 Å². The van der Waals surface area contributed by atoms with Crippen molar-refractivity contribution in [1.82, 2.24) is 9.88 Å². The average molecular weight is 316 g/mol. The highest BCUT2D eigenvalue weighted by atomic mass is 16.5. The van der Waals surface area contributed by atoms with Crippen LogP contribution in [-0.2, 0) is 9.53 Å². The summed E-state index contributed by atoms with van der Waals surface area (Å²) in [5, 5.41) is 0. The van der Waals surface area contributed by atoms with Gasteiger partial charge in [-0.2, -0.15) is 0 Å². The Labute approximate surface area is 137 Å². The molecule has 5 nitrogen and oxygen atoms in total. The first-order valence-electron chi connectivity index (χ1n) is 8.57. The van der Waals surface area contributed by atoms with Gasteiger partial charge in [0.2, 0.25) is 0 Å². The average Bonchev–Trinajstić information content (AvgIpc) is 3.05. The molecular formula is C18H24N2O3. The Morgan fingerprint density at radius 2 is 2.09 bits per heavy atom. The van der Waals surface area contributed by atoms with Crippen molar-refractivity contribution in [3.63, 3.8) is 0 Å². The number of pyridine rings is 1. The van der Waals surface area contributed by atoms with Crippen LogP contribution in [0.3, 0.4) is 0 Å². The molecule has 5 heteroatoms. The van der Waals surface area contributed by atoms with Crippen molar-refractivity contribution in [2.24, 2.45) is 5.92 Å². The van der Waals surface area contributed by atoms with Gasteiger partial charge in [-0.15, -0.1) is 0 Å². The lowest BCUT2D eigenvalue weighted by Gasteiger charge is -2.29. The van der Waals surface area contributed by atoms with Crippen LogP contribution in [0.4, 0.5) is 0 Å². The van der Waals surface area contributed by atoms with E-state index in [1.165, 1.54) is 6.42 Å². The van der Waals surface area contributed by atoms with Crippen molar-refractivity contribution >= 4 is 11.9 Å². The predicted octanol–water partition coefficient (Wildman–Crippen LogP) is 2.81. The largest absolute Gasteiger partial charge is 0.461 e. The molecule has 1 aliphatic carbocycles. The number of ether oxygens (including phenoxy) is 1. The Kier molecular flexibility index (Phi) is 4.94. The van der Waals surface area contributed by atoms with E-state index in [2.05, 4.69) is 11.9 Å². The number of carbonyl (C=O) groups excluding carboxylic acids is 2. The van der Waals surface area contributed by atoms with Crippen LogP contribution in [0.5, 0.6) is 0 Å². The number of amides is 1. The summed E-state index contributed by atoms with van der Waals surface area (Å²) in [6.45, 7) is 2.79. The summed E-state index contributed by atoms with van der Waals surface area (Å²) >= 11 is 0. The third kappa shape index (κ3) is 3.71. The molecule has 1 aromatic heterocycles. The molecule has 0 radical (unpaired) electrons. The molecular weight excluding hydrogens is 292 g/mol. The third-order valence-corrected chi connectivity index (χ3v) is 4.84. The van der Waals surface area contributed by atoms with Gasteiger partial charge in [0.15, 0.2) is 0 Å². The maximum atomic E-state index is 12.6. The second-order valence-corrected chi connectivity index (χ2v) is 6.70. The van der Waals surface area contributed by atoms with Crippen molar-refractivity contribution in [1.29, 1.82) is 0 Å². The highest BCUT2D eigenvalue weighted by Gasteiger charge is 2.37. The molecule has 0 aromatic carbocycles. The van der Waals surface area contributed by atoms with Gasteiger partial charge in [-0.3, -0.25) is 9.78 Å². The molecule has 1 aromatic rings. The van der Waals surface area contributed by atoms with Crippen molar-refractivity contribution in [2.75, 3.05) is 6.54 Å². The first kappa shape index (κ1) is 16.0. The second-order valence-electron chi connectivity index (χ2n) is 6.70. The monoisotopic (exact) mass is 316 g/mol. The fraction of sp³-hybridized carbons (Fsp3) is 0.611. The van der Waals surface area contributed by atoms with E-state index in [0.29, 0.717) is 24.6 Å². The highest BCUT2D eigenvalue weighted by molar-refractivity contribution is 5.95. The molecule has 2 heterocycles. The highest BCUT2D eigenvalue weighted by Crippen LogP contribution is 2.28. The van der Waals surface area contributed by atoms with E-state index < -0.39 is 6.04 Å². The van der Waals surface area contributed by atoms with Crippen molar-refractivity contribution in [2.45, 2.75) is 57.6 Å². The predicted molar refractivity (Wildman–Crippen MR) is 85.8 cm³/mol. The standard InChI is InChI=1S/C18H24N2O3/c1-13-6-4-7-14(12-13)23-18(22)16-9-5-11-20(16)17(21)15-8-2-3-10-19-15/h2-3,8,10,13-14,16H,4-7,9,11-12H2,1H3/t13?,14?,16-/m0/s1. The lowest BCUT2D eigenvalue weighted by atomic mass is 9.89. The second kappa shape index (κ2) is 7.11. The Morgan fingerprint density at radius 1 is 1.22 bits per heavy atom. The molecule has 3 atom stereocenters. The van der Waals surface area contributed by atoms with Crippen LogP contribution >= 0.6 is 0 Å². The van der Waals surface area contributed by atoms with Gasteiger partial charge in [0.1, 0.15) is 17.8 Å². The van der Waals surface area contributed by atoms with Gasteiger partial charge < -0.3 is 9.64 Å². The quantitative estimate of drug-likeness (QED) is 0.805. The van der Waals surface area contributed by atoms with Gasteiger partial charge in [0.25, 0.3) is 5.91 Å². The Bertz CT molecular complexity index is 561. The maximum Gasteiger partial charge on any atom is 0.329 e. The first-order valence-corrected chi connectivity index (χ1v) is 8.57. The molecule has 0 N–H and O–H groups in total. The van der Waals surface area contributed by atoms with Gasteiger partial charge in [0, 0.05) is 12.7 Å². The van der Waals surface area contributed by atoms with E-state index in [4.69, 9.17) is 4.74 Å². The molecule has 2 fully saturated rings. The maximum absolute atomic E-state index is 12.6. The molecule has 2 unspecified atom stereocenters. The van der Waals surface area contributed by atoms with Gasteiger partial charge in [-0.1, -0.05) is 19.4 Å². The fourth-order valence-electron chi connectivity index (χ4n) is 3.62. The van der Waals surface area contributed by atoms with E-state index in [1.54, 1.807) is 29.3 Å². The molecule has 0 bridgehead atoms. The number of rotatable bonds is 3. The van der Waals surface area contributed by atoms with Crippen LogP contribution in [0.15, 0.2) is 24.4 Å².